The Balaban J connectivity index is 2.39. The first kappa shape index (κ1) is 12.5. The van der Waals surface area contributed by atoms with Gasteiger partial charge in [-0.1, -0.05) is 18.2 Å². The monoisotopic (exact) mass is 249 g/mol. The van der Waals surface area contributed by atoms with Crippen molar-refractivity contribution in [3.63, 3.8) is 0 Å². The van der Waals surface area contributed by atoms with Crippen molar-refractivity contribution in [2.24, 2.45) is 5.73 Å². The summed E-state index contributed by atoms with van der Waals surface area (Å²) in [5.41, 5.74) is 6.29. The summed E-state index contributed by atoms with van der Waals surface area (Å²) in [6.45, 7) is 1.73. The normalized spacial score (nSPS) is 12.2. The first-order chi connectivity index (χ1) is 8.58. The first-order valence-electron chi connectivity index (χ1n) is 5.55. The van der Waals surface area contributed by atoms with E-state index in [0.29, 0.717) is 5.56 Å². The van der Waals surface area contributed by atoms with Crippen LogP contribution in [-0.2, 0) is 0 Å². The Hall–Kier alpha value is -1.94. The van der Waals surface area contributed by atoms with Crippen molar-refractivity contribution in [2.75, 3.05) is 0 Å². The molecule has 0 bridgehead atoms. The van der Waals surface area contributed by atoms with E-state index in [0.717, 1.165) is 0 Å². The van der Waals surface area contributed by atoms with Crippen molar-refractivity contribution >= 4 is 0 Å². The lowest BCUT2D eigenvalue weighted by molar-refractivity contribution is 0.429. The van der Waals surface area contributed by atoms with Gasteiger partial charge in [0.15, 0.2) is 11.6 Å². The molecule has 0 aliphatic carbocycles. The van der Waals surface area contributed by atoms with Gasteiger partial charge in [-0.25, -0.2) is 8.78 Å². The summed E-state index contributed by atoms with van der Waals surface area (Å²) < 4.78 is 32.1. The largest absolute Gasteiger partial charge is 0.454 e. The molecule has 0 aliphatic rings. The van der Waals surface area contributed by atoms with Crippen LogP contribution >= 0.6 is 0 Å². The van der Waals surface area contributed by atoms with Crippen LogP contribution in [0, 0.1) is 11.6 Å². The van der Waals surface area contributed by atoms with Gasteiger partial charge in [-0.3, -0.25) is 0 Å². The van der Waals surface area contributed by atoms with E-state index in [4.69, 9.17) is 10.5 Å². The van der Waals surface area contributed by atoms with E-state index in [1.807, 2.05) is 0 Å². The van der Waals surface area contributed by atoms with E-state index in [9.17, 15) is 8.78 Å². The molecule has 2 nitrogen and oxygen atoms in total. The highest BCUT2D eigenvalue weighted by Crippen LogP contribution is 2.31. The number of halogens is 2. The van der Waals surface area contributed by atoms with E-state index < -0.39 is 11.6 Å². The van der Waals surface area contributed by atoms with E-state index in [1.165, 1.54) is 24.3 Å². The van der Waals surface area contributed by atoms with E-state index in [1.54, 1.807) is 25.1 Å². The molecule has 1 atom stereocenters. The van der Waals surface area contributed by atoms with Gasteiger partial charge in [0.1, 0.15) is 11.6 Å². The summed E-state index contributed by atoms with van der Waals surface area (Å²) in [7, 11) is 0. The zero-order valence-electron chi connectivity index (χ0n) is 9.86. The predicted molar refractivity (Wildman–Crippen MR) is 65.5 cm³/mol. The minimum atomic E-state index is -0.519. The number of ether oxygens (including phenoxy) is 1. The van der Waals surface area contributed by atoms with Crippen LogP contribution in [0.4, 0.5) is 8.78 Å². The summed E-state index contributed by atoms with van der Waals surface area (Å²) in [4.78, 5) is 0. The van der Waals surface area contributed by atoms with E-state index in [-0.39, 0.29) is 17.5 Å². The fourth-order valence-corrected chi connectivity index (χ4v) is 1.64. The lowest BCUT2D eigenvalue weighted by Crippen LogP contribution is -2.07. The molecule has 0 fully saturated rings. The minimum Gasteiger partial charge on any atom is -0.454 e. The first-order valence-corrected chi connectivity index (χ1v) is 5.55. The molecule has 4 heteroatoms. The fraction of sp³-hybridized carbons (Fsp3) is 0.143. The Kier molecular flexibility index (Phi) is 3.58. The third-order valence-electron chi connectivity index (χ3n) is 2.50. The standard InChI is InChI=1S/C14H13F2NO/c1-9(17)12-6-3-7-13(16)14(12)18-11-5-2-4-10(15)8-11/h2-9H,17H2,1H3/t9-/m0/s1. The van der Waals surface area contributed by atoms with Crippen molar-refractivity contribution in [1.29, 1.82) is 0 Å². The summed E-state index contributed by atoms with van der Waals surface area (Å²) in [5, 5.41) is 0. The highest BCUT2D eigenvalue weighted by Gasteiger charge is 2.14. The highest BCUT2D eigenvalue weighted by molar-refractivity contribution is 5.40. The SMILES string of the molecule is C[C@H](N)c1cccc(F)c1Oc1cccc(F)c1. The maximum Gasteiger partial charge on any atom is 0.167 e. The Morgan fingerprint density at radius 1 is 1.11 bits per heavy atom. The number of hydrogen-bond acceptors (Lipinski definition) is 2. The van der Waals surface area contributed by atoms with Gasteiger partial charge in [-0.15, -0.1) is 0 Å². The van der Waals surface area contributed by atoms with Gasteiger partial charge < -0.3 is 10.5 Å². The molecule has 2 N–H and O–H groups in total. The average molecular weight is 249 g/mol. The summed E-state index contributed by atoms with van der Waals surface area (Å²) in [6.07, 6.45) is 0. The van der Waals surface area contributed by atoms with Crippen LogP contribution in [0.15, 0.2) is 42.5 Å². The third-order valence-corrected chi connectivity index (χ3v) is 2.50. The van der Waals surface area contributed by atoms with Gasteiger partial charge in [-0.2, -0.15) is 0 Å². The van der Waals surface area contributed by atoms with E-state index in [2.05, 4.69) is 0 Å². The van der Waals surface area contributed by atoms with Crippen LogP contribution in [0.5, 0.6) is 11.5 Å². The molecule has 0 heterocycles. The summed E-state index contributed by atoms with van der Waals surface area (Å²) >= 11 is 0. The molecular formula is C14H13F2NO. The number of para-hydroxylation sites is 1. The number of nitrogens with two attached hydrogens (primary N) is 1. The van der Waals surface area contributed by atoms with Crippen LogP contribution in [0.25, 0.3) is 0 Å². The lowest BCUT2D eigenvalue weighted by Gasteiger charge is -2.14. The Labute approximate surface area is 104 Å². The quantitative estimate of drug-likeness (QED) is 0.898. The second-order valence-corrected chi connectivity index (χ2v) is 4.01. The average Bonchev–Trinajstić information content (AvgIpc) is 2.31. The van der Waals surface area contributed by atoms with Crippen LogP contribution in [0.1, 0.15) is 18.5 Å². The van der Waals surface area contributed by atoms with Gasteiger partial charge in [-0.05, 0) is 25.1 Å². The Bertz CT molecular complexity index is 555. The molecule has 0 saturated carbocycles. The predicted octanol–water partition coefficient (Wildman–Crippen LogP) is 3.78. The van der Waals surface area contributed by atoms with Crippen molar-refractivity contribution in [3.8, 4) is 11.5 Å². The summed E-state index contributed by atoms with van der Waals surface area (Å²) in [6, 6.07) is 9.69. The fourth-order valence-electron chi connectivity index (χ4n) is 1.64. The van der Waals surface area contributed by atoms with Crippen LogP contribution in [-0.4, -0.2) is 0 Å². The van der Waals surface area contributed by atoms with Crippen LogP contribution in [0.3, 0.4) is 0 Å². The van der Waals surface area contributed by atoms with Gasteiger partial charge in [0.05, 0.1) is 0 Å². The van der Waals surface area contributed by atoms with E-state index >= 15 is 0 Å². The zero-order valence-corrected chi connectivity index (χ0v) is 9.86. The second kappa shape index (κ2) is 5.14. The smallest absolute Gasteiger partial charge is 0.167 e. The molecule has 0 aliphatic heterocycles. The van der Waals surface area contributed by atoms with Crippen molar-refractivity contribution < 1.29 is 13.5 Å². The van der Waals surface area contributed by atoms with Crippen molar-refractivity contribution in [2.45, 2.75) is 13.0 Å². The third kappa shape index (κ3) is 2.65. The molecule has 0 saturated heterocycles. The molecule has 0 radical (unpaired) electrons. The molecule has 0 spiro atoms. The van der Waals surface area contributed by atoms with Gasteiger partial charge >= 0.3 is 0 Å². The molecule has 2 rings (SSSR count). The topological polar surface area (TPSA) is 35.2 Å². The Morgan fingerprint density at radius 2 is 1.83 bits per heavy atom. The number of hydrogen-bond donors (Lipinski definition) is 1. The van der Waals surface area contributed by atoms with Gasteiger partial charge in [0.2, 0.25) is 0 Å². The van der Waals surface area contributed by atoms with Crippen LogP contribution in [0.2, 0.25) is 0 Å². The second-order valence-electron chi connectivity index (χ2n) is 4.01. The number of rotatable bonds is 3. The molecule has 94 valence electrons. The highest BCUT2D eigenvalue weighted by atomic mass is 19.1. The Morgan fingerprint density at radius 3 is 2.50 bits per heavy atom. The van der Waals surface area contributed by atoms with Crippen molar-refractivity contribution in [3.05, 3.63) is 59.7 Å². The minimum absolute atomic E-state index is 0.0399. The van der Waals surface area contributed by atoms with Crippen molar-refractivity contribution in [1.82, 2.24) is 0 Å². The molecule has 2 aromatic rings. The molecular weight excluding hydrogens is 236 g/mol. The molecule has 18 heavy (non-hydrogen) atoms. The maximum atomic E-state index is 13.7. The molecule has 2 aromatic carbocycles. The van der Waals surface area contributed by atoms with Gasteiger partial charge in [0.25, 0.3) is 0 Å². The molecule has 0 aromatic heterocycles. The van der Waals surface area contributed by atoms with Gasteiger partial charge in [0, 0.05) is 17.7 Å². The maximum absolute atomic E-state index is 13.7. The number of benzene rings is 2. The lowest BCUT2D eigenvalue weighted by atomic mass is 10.1. The molecule has 0 unspecified atom stereocenters. The summed E-state index contributed by atoms with van der Waals surface area (Å²) in [5.74, 6) is -0.680. The zero-order chi connectivity index (χ0) is 13.1. The van der Waals surface area contributed by atoms with Crippen LogP contribution < -0.4 is 10.5 Å². The molecule has 0 amide bonds.